The van der Waals surface area contributed by atoms with E-state index in [1.165, 1.54) is 5.56 Å². The quantitative estimate of drug-likeness (QED) is 0.873. The highest BCUT2D eigenvalue weighted by Gasteiger charge is 2.20. The Hall–Kier alpha value is -2.04. The molecule has 4 nitrogen and oxygen atoms in total. The maximum atomic E-state index is 12.3. The van der Waals surface area contributed by atoms with Crippen molar-refractivity contribution in [3.05, 3.63) is 65.2 Å². The molecule has 1 heterocycles. The van der Waals surface area contributed by atoms with Crippen LogP contribution in [0.25, 0.3) is 0 Å². The number of benzene rings is 2. The predicted octanol–water partition coefficient (Wildman–Crippen LogP) is 4.12. The molecular weight excluding hydrogens is 334 g/mol. The van der Waals surface area contributed by atoms with Crippen molar-refractivity contribution in [2.75, 3.05) is 38.0 Å². The van der Waals surface area contributed by atoms with Gasteiger partial charge < -0.3 is 10.2 Å². The number of nitrogens with zero attached hydrogens (tertiary/aromatic N) is 2. The van der Waals surface area contributed by atoms with Crippen molar-refractivity contribution < 1.29 is 4.79 Å². The van der Waals surface area contributed by atoms with Gasteiger partial charge in [0, 0.05) is 36.9 Å². The Morgan fingerprint density at radius 2 is 1.64 bits per heavy atom. The first kappa shape index (κ1) is 17.8. The van der Waals surface area contributed by atoms with Crippen molar-refractivity contribution in [1.82, 2.24) is 9.80 Å². The monoisotopic (exact) mass is 357 g/mol. The summed E-state index contributed by atoms with van der Waals surface area (Å²) in [6.07, 6.45) is 2.26. The molecule has 1 aliphatic heterocycles. The van der Waals surface area contributed by atoms with Gasteiger partial charge in [-0.25, -0.2) is 4.79 Å². The van der Waals surface area contributed by atoms with E-state index in [-0.39, 0.29) is 6.03 Å². The summed E-state index contributed by atoms with van der Waals surface area (Å²) >= 11 is 5.87. The van der Waals surface area contributed by atoms with E-state index >= 15 is 0 Å². The van der Waals surface area contributed by atoms with Crippen molar-refractivity contribution in [2.24, 2.45) is 0 Å². The Balaban J connectivity index is 1.37. The maximum absolute atomic E-state index is 12.3. The number of nitrogens with one attached hydrogen (secondary N) is 1. The number of carbonyl (C=O) groups excluding carboxylic acids is 1. The van der Waals surface area contributed by atoms with Crippen molar-refractivity contribution in [2.45, 2.75) is 12.8 Å². The first-order valence-corrected chi connectivity index (χ1v) is 9.16. The molecule has 132 valence electrons. The highest BCUT2D eigenvalue weighted by molar-refractivity contribution is 6.30. The average Bonchev–Trinajstić information content (AvgIpc) is 2.65. The summed E-state index contributed by atoms with van der Waals surface area (Å²) in [5.74, 6) is 0. The minimum atomic E-state index is -0.0359. The Labute approximate surface area is 154 Å². The first-order valence-electron chi connectivity index (χ1n) is 8.78. The van der Waals surface area contributed by atoms with Crippen molar-refractivity contribution in [3.63, 3.8) is 0 Å². The number of halogens is 1. The zero-order valence-electron chi connectivity index (χ0n) is 14.3. The van der Waals surface area contributed by atoms with Gasteiger partial charge in [0.25, 0.3) is 0 Å². The number of amides is 2. The van der Waals surface area contributed by atoms with E-state index in [1.54, 1.807) is 12.1 Å². The Morgan fingerprint density at radius 1 is 0.960 bits per heavy atom. The lowest BCUT2D eigenvalue weighted by molar-refractivity contribution is 0.146. The number of carbonyl (C=O) groups is 1. The fourth-order valence-electron chi connectivity index (χ4n) is 3.06. The highest BCUT2D eigenvalue weighted by atomic mass is 35.5. The van der Waals surface area contributed by atoms with E-state index < -0.39 is 0 Å². The molecule has 2 amide bonds. The summed E-state index contributed by atoms with van der Waals surface area (Å²) < 4.78 is 0. The topological polar surface area (TPSA) is 35.6 Å². The van der Waals surface area contributed by atoms with Gasteiger partial charge in [-0.05, 0) is 49.2 Å². The number of hydrogen-bond donors (Lipinski definition) is 1. The lowest BCUT2D eigenvalue weighted by Gasteiger charge is -2.34. The van der Waals surface area contributed by atoms with Gasteiger partial charge in [-0.1, -0.05) is 41.9 Å². The lowest BCUT2D eigenvalue weighted by Crippen LogP contribution is -2.50. The summed E-state index contributed by atoms with van der Waals surface area (Å²) in [6, 6.07) is 17.8. The molecule has 1 saturated heterocycles. The molecule has 1 N–H and O–H groups in total. The van der Waals surface area contributed by atoms with Gasteiger partial charge in [0.2, 0.25) is 0 Å². The van der Waals surface area contributed by atoms with E-state index in [0.29, 0.717) is 5.02 Å². The smallest absolute Gasteiger partial charge is 0.321 e. The Bertz CT molecular complexity index is 667. The van der Waals surface area contributed by atoms with Crippen LogP contribution in [0.5, 0.6) is 0 Å². The molecule has 1 fully saturated rings. The molecule has 0 radical (unpaired) electrons. The average molecular weight is 358 g/mol. The van der Waals surface area contributed by atoms with Crippen LogP contribution in [0.2, 0.25) is 5.02 Å². The zero-order chi connectivity index (χ0) is 17.5. The van der Waals surface area contributed by atoms with E-state index in [1.807, 2.05) is 17.0 Å². The van der Waals surface area contributed by atoms with Crippen LogP contribution in [-0.4, -0.2) is 48.6 Å². The Morgan fingerprint density at radius 3 is 2.32 bits per heavy atom. The van der Waals surface area contributed by atoms with Gasteiger partial charge in [-0.15, -0.1) is 0 Å². The predicted molar refractivity (Wildman–Crippen MR) is 103 cm³/mol. The third-order valence-corrected chi connectivity index (χ3v) is 4.79. The van der Waals surface area contributed by atoms with Crippen LogP contribution in [-0.2, 0) is 6.42 Å². The fourth-order valence-corrected chi connectivity index (χ4v) is 3.19. The highest BCUT2D eigenvalue weighted by Crippen LogP contribution is 2.14. The van der Waals surface area contributed by atoms with Crippen LogP contribution in [0, 0.1) is 0 Å². The minimum absolute atomic E-state index is 0.0359. The maximum Gasteiger partial charge on any atom is 0.321 e. The second kappa shape index (κ2) is 8.88. The van der Waals surface area contributed by atoms with E-state index in [4.69, 9.17) is 11.6 Å². The minimum Gasteiger partial charge on any atom is -0.322 e. The molecule has 0 unspecified atom stereocenters. The number of aryl methyl sites for hydroxylation is 1. The largest absolute Gasteiger partial charge is 0.322 e. The number of rotatable bonds is 5. The lowest BCUT2D eigenvalue weighted by atomic mass is 10.1. The van der Waals surface area contributed by atoms with Crippen LogP contribution >= 0.6 is 11.6 Å². The van der Waals surface area contributed by atoms with Gasteiger partial charge in [0.1, 0.15) is 0 Å². The summed E-state index contributed by atoms with van der Waals surface area (Å²) in [5.41, 5.74) is 2.17. The SMILES string of the molecule is O=C(Nc1ccc(Cl)cc1)N1CCN(CCCc2ccccc2)CC1. The summed E-state index contributed by atoms with van der Waals surface area (Å²) in [5, 5.41) is 3.60. The van der Waals surface area contributed by atoms with Gasteiger partial charge in [0.15, 0.2) is 0 Å². The van der Waals surface area contributed by atoms with Crippen molar-refractivity contribution in [1.29, 1.82) is 0 Å². The van der Waals surface area contributed by atoms with Gasteiger partial charge in [-0.3, -0.25) is 4.90 Å². The standard InChI is InChI=1S/C20H24ClN3O/c21-18-8-10-19(11-9-18)22-20(25)24-15-13-23(14-16-24)12-4-7-17-5-2-1-3-6-17/h1-3,5-6,8-11H,4,7,12-16H2,(H,22,25). The van der Waals surface area contributed by atoms with Crippen molar-refractivity contribution >= 4 is 23.3 Å². The molecule has 2 aromatic rings. The summed E-state index contributed by atoms with van der Waals surface area (Å²) in [4.78, 5) is 16.6. The molecule has 2 aromatic carbocycles. The number of anilines is 1. The summed E-state index contributed by atoms with van der Waals surface area (Å²) in [6.45, 7) is 4.49. The molecule has 0 bridgehead atoms. The van der Waals surface area contributed by atoms with E-state index in [9.17, 15) is 4.79 Å². The van der Waals surface area contributed by atoms with Gasteiger partial charge >= 0.3 is 6.03 Å². The second-order valence-electron chi connectivity index (χ2n) is 6.35. The number of piperazine rings is 1. The van der Waals surface area contributed by atoms with Crippen molar-refractivity contribution in [3.8, 4) is 0 Å². The normalized spacial score (nSPS) is 15.2. The summed E-state index contributed by atoms with van der Waals surface area (Å²) in [7, 11) is 0. The molecule has 1 aliphatic rings. The third kappa shape index (κ3) is 5.48. The molecule has 25 heavy (non-hydrogen) atoms. The fraction of sp³-hybridized carbons (Fsp3) is 0.350. The first-order chi connectivity index (χ1) is 12.2. The number of urea groups is 1. The van der Waals surface area contributed by atoms with Crippen LogP contribution < -0.4 is 5.32 Å². The second-order valence-corrected chi connectivity index (χ2v) is 6.79. The molecule has 0 saturated carbocycles. The molecular formula is C20H24ClN3O. The van der Waals surface area contributed by atoms with Crippen LogP contribution in [0.3, 0.4) is 0 Å². The molecule has 3 rings (SSSR count). The third-order valence-electron chi connectivity index (χ3n) is 4.54. The Kier molecular flexibility index (Phi) is 6.31. The van der Waals surface area contributed by atoms with Crippen LogP contribution in [0.1, 0.15) is 12.0 Å². The van der Waals surface area contributed by atoms with E-state index in [2.05, 4.69) is 40.5 Å². The zero-order valence-corrected chi connectivity index (χ0v) is 15.1. The molecule has 0 aliphatic carbocycles. The van der Waals surface area contributed by atoms with Gasteiger partial charge in [0.05, 0.1) is 0 Å². The van der Waals surface area contributed by atoms with Gasteiger partial charge in [-0.2, -0.15) is 0 Å². The van der Waals surface area contributed by atoms with Crippen LogP contribution in [0.15, 0.2) is 54.6 Å². The molecule has 5 heteroatoms. The molecule has 0 atom stereocenters. The number of hydrogen-bond acceptors (Lipinski definition) is 2. The molecule has 0 aromatic heterocycles. The molecule has 0 spiro atoms. The van der Waals surface area contributed by atoms with Crippen LogP contribution in [0.4, 0.5) is 10.5 Å². The van der Waals surface area contributed by atoms with E-state index in [0.717, 1.165) is 51.3 Å².